The summed E-state index contributed by atoms with van der Waals surface area (Å²) in [6.07, 6.45) is 3.14. The predicted octanol–water partition coefficient (Wildman–Crippen LogP) is 3.88. The van der Waals surface area contributed by atoms with Crippen molar-refractivity contribution in [3.05, 3.63) is 84.3 Å². The smallest absolute Gasteiger partial charge is 0.274 e. The highest BCUT2D eigenvalue weighted by Crippen LogP contribution is 2.22. The van der Waals surface area contributed by atoms with Gasteiger partial charge in [0.25, 0.3) is 5.91 Å². The lowest BCUT2D eigenvalue weighted by Crippen LogP contribution is -2.19. The molecule has 2 aromatic heterocycles. The number of aryl methyl sites for hydroxylation is 1. The number of furan rings is 1. The molecule has 1 N–H and O–H groups in total. The van der Waals surface area contributed by atoms with Crippen molar-refractivity contribution in [1.29, 1.82) is 0 Å². The van der Waals surface area contributed by atoms with Gasteiger partial charge in [-0.15, -0.1) is 5.10 Å². The summed E-state index contributed by atoms with van der Waals surface area (Å²) in [5.74, 6) is 0.616. The Morgan fingerprint density at radius 2 is 1.82 bits per heavy atom. The molecule has 4 rings (SSSR count). The standard InChI is InChI=1S/C21H17N5O2/c1-15-9-11-17(12-10-15)22-21(27)19(14-18-8-5-13-28-18)26-20(23-24-25-26)16-6-3-2-4-7-16/h2-14H,1H3,(H,22,27)/b19-14+. The molecule has 2 heterocycles. The maximum atomic E-state index is 13.1. The van der Waals surface area contributed by atoms with Crippen molar-refractivity contribution >= 4 is 23.4 Å². The number of anilines is 1. The van der Waals surface area contributed by atoms with Gasteiger partial charge in [-0.25, -0.2) is 0 Å². The van der Waals surface area contributed by atoms with Crippen LogP contribution >= 0.6 is 0 Å². The zero-order chi connectivity index (χ0) is 19.3. The Balaban J connectivity index is 1.74. The van der Waals surface area contributed by atoms with Gasteiger partial charge in [0.15, 0.2) is 5.82 Å². The quantitative estimate of drug-likeness (QED) is 0.538. The van der Waals surface area contributed by atoms with Crippen LogP contribution in [0.25, 0.3) is 23.2 Å². The number of aromatic nitrogens is 4. The fourth-order valence-electron chi connectivity index (χ4n) is 2.68. The maximum absolute atomic E-state index is 13.1. The molecule has 0 saturated carbocycles. The van der Waals surface area contributed by atoms with Crippen molar-refractivity contribution in [2.75, 3.05) is 5.32 Å². The monoisotopic (exact) mass is 371 g/mol. The van der Waals surface area contributed by atoms with Gasteiger partial charge in [0.05, 0.1) is 6.26 Å². The first-order chi connectivity index (χ1) is 13.7. The molecule has 0 aliphatic rings. The summed E-state index contributed by atoms with van der Waals surface area (Å²) in [4.78, 5) is 13.1. The highest BCUT2D eigenvalue weighted by molar-refractivity contribution is 6.24. The van der Waals surface area contributed by atoms with Gasteiger partial charge in [0.1, 0.15) is 11.5 Å². The molecule has 0 saturated heterocycles. The largest absolute Gasteiger partial charge is 0.465 e. The third kappa shape index (κ3) is 3.73. The Labute approximate surface area is 161 Å². The SMILES string of the molecule is Cc1ccc(NC(=O)/C(=C\c2ccco2)n2nnnc2-c2ccccc2)cc1. The van der Waals surface area contributed by atoms with E-state index in [1.165, 1.54) is 4.68 Å². The number of amides is 1. The fourth-order valence-corrected chi connectivity index (χ4v) is 2.68. The van der Waals surface area contributed by atoms with Crippen molar-refractivity contribution in [2.45, 2.75) is 6.92 Å². The number of rotatable bonds is 5. The predicted molar refractivity (Wildman–Crippen MR) is 106 cm³/mol. The molecule has 7 nitrogen and oxygen atoms in total. The molecular formula is C21H17N5O2. The van der Waals surface area contributed by atoms with Gasteiger partial charge in [-0.3, -0.25) is 4.79 Å². The second kappa shape index (κ2) is 7.71. The van der Waals surface area contributed by atoms with E-state index in [4.69, 9.17) is 4.42 Å². The van der Waals surface area contributed by atoms with Crippen molar-refractivity contribution in [1.82, 2.24) is 20.2 Å². The molecule has 0 bridgehead atoms. The van der Waals surface area contributed by atoms with E-state index in [9.17, 15) is 4.79 Å². The minimum atomic E-state index is -0.357. The highest BCUT2D eigenvalue weighted by Gasteiger charge is 2.20. The van der Waals surface area contributed by atoms with Crippen molar-refractivity contribution in [3.8, 4) is 11.4 Å². The van der Waals surface area contributed by atoms with Gasteiger partial charge in [-0.2, -0.15) is 4.68 Å². The normalized spacial score (nSPS) is 11.4. The van der Waals surface area contributed by atoms with E-state index in [0.717, 1.165) is 11.1 Å². The van der Waals surface area contributed by atoms with Crippen LogP contribution in [0.1, 0.15) is 11.3 Å². The van der Waals surface area contributed by atoms with E-state index in [-0.39, 0.29) is 11.6 Å². The van der Waals surface area contributed by atoms with Crippen LogP contribution in [0.15, 0.2) is 77.4 Å². The van der Waals surface area contributed by atoms with Crippen molar-refractivity contribution < 1.29 is 9.21 Å². The first-order valence-electron chi connectivity index (χ1n) is 8.68. The second-order valence-corrected chi connectivity index (χ2v) is 6.15. The molecule has 0 aliphatic carbocycles. The highest BCUT2D eigenvalue weighted by atomic mass is 16.3. The zero-order valence-electron chi connectivity index (χ0n) is 15.1. The Bertz CT molecular complexity index is 1100. The summed E-state index contributed by atoms with van der Waals surface area (Å²) >= 11 is 0. The Hall–Kier alpha value is -4.00. The minimum absolute atomic E-state index is 0.236. The fraction of sp³-hybridized carbons (Fsp3) is 0.0476. The lowest BCUT2D eigenvalue weighted by atomic mass is 10.2. The average molecular weight is 371 g/mol. The molecule has 2 aromatic carbocycles. The van der Waals surface area contributed by atoms with Gasteiger partial charge in [0.2, 0.25) is 0 Å². The van der Waals surface area contributed by atoms with Crippen molar-refractivity contribution in [3.63, 3.8) is 0 Å². The molecule has 28 heavy (non-hydrogen) atoms. The average Bonchev–Trinajstić information content (AvgIpc) is 3.40. The molecule has 0 unspecified atom stereocenters. The summed E-state index contributed by atoms with van der Waals surface area (Å²) in [5.41, 5.74) is 2.81. The number of tetrazole rings is 1. The van der Waals surface area contributed by atoms with Gasteiger partial charge in [-0.05, 0) is 41.6 Å². The summed E-state index contributed by atoms with van der Waals surface area (Å²) < 4.78 is 6.79. The Kier molecular flexibility index (Phi) is 4.79. The van der Waals surface area contributed by atoms with Gasteiger partial charge >= 0.3 is 0 Å². The number of benzene rings is 2. The summed E-state index contributed by atoms with van der Waals surface area (Å²) in [6.45, 7) is 1.99. The second-order valence-electron chi connectivity index (χ2n) is 6.15. The molecule has 0 radical (unpaired) electrons. The van der Waals surface area contributed by atoms with Gasteiger partial charge in [-0.1, -0.05) is 48.0 Å². The van der Waals surface area contributed by atoms with Crippen LogP contribution in [-0.2, 0) is 4.79 Å². The molecule has 1 amide bonds. The third-order valence-corrected chi connectivity index (χ3v) is 4.09. The van der Waals surface area contributed by atoms with Gasteiger partial charge < -0.3 is 9.73 Å². The Morgan fingerprint density at radius 3 is 2.54 bits per heavy atom. The van der Waals surface area contributed by atoms with Gasteiger partial charge in [0, 0.05) is 17.3 Å². The number of hydrogen-bond donors (Lipinski definition) is 1. The molecule has 7 heteroatoms. The number of nitrogens with zero attached hydrogens (tertiary/aromatic N) is 4. The zero-order valence-corrected chi connectivity index (χ0v) is 15.1. The summed E-state index contributed by atoms with van der Waals surface area (Å²) in [5, 5.41) is 14.8. The molecule has 0 fully saturated rings. The van der Waals surface area contributed by atoms with Crippen molar-refractivity contribution in [2.24, 2.45) is 0 Å². The van der Waals surface area contributed by atoms with Crippen LogP contribution in [0, 0.1) is 6.92 Å². The van der Waals surface area contributed by atoms with E-state index in [0.29, 0.717) is 17.3 Å². The van der Waals surface area contributed by atoms with E-state index >= 15 is 0 Å². The van der Waals surface area contributed by atoms with Crippen LogP contribution < -0.4 is 5.32 Å². The van der Waals surface area contributed by atoms with E-state index in [1.807, 2.05) is 61.5 Å². The van der Waals surface area contributed by atoms with Crippen LogP contribution in [0.2, 0.25) is 0 Å². The number of carbonyl (C=O) groups is 1. The van der Waals surface area contributed by atoms with Crippen LogP contribution in [0.3, 0.4) is 0 Å². The van der Waals surface area contributed by atoms with E-state index in [1.54, 1.807) is 24.5 Å². The van der Waals surface area contributed by atoms with Crippen LogP contribution in [-0.4, -0.2) is 26.1 Å². The number of nitrogens with one attached hydrogen (secondary N) is 1. The minimum Gasteiger partial charge on any atom is -0.465 e. The van der Waals surface area contributed by atoms with Crippen LogP contribution in [0.4, 0.5) is 5.69 Å². The lowest BCUT2D eigenvalue weighted by Gasteiger charge is -2.10. The number of carbonyl (C=O) groups excluding carboxylic acids is 1. The van der Waals surface area contributed by atoms with E-state index in [2.05, 4.69) is 20.8 Å². The summed E-state index contributed by atoms with van der Waals surface area (Å²) in [6, 6.07) is 20.5. The first-order valence-corrected chi connectivity index (χ1v) is 8.68. The molecule has 0 spiro atoms. The van der Waals surface area contributed by atoms with Crippen LogP contribution in [0.5, 0.6) is 0 Å². The maximum Gasteiger partial charge on any atom is 0.274 e. The lowest BCUT2D eigenvalue weighted by molar-refractivity contribution is -0.111. The molecule has 0 atom stereocenters. The molecular weight excluding hydrogens is 354 g/mol. The topological polar surface area (TPSA) is 85.8 Å². The molecule has 4 aromatic rings. The summed E-state index contributed by atoms with van der Waals surface area (Å²) in [7, 11) is 0. The number of hydrogen-bond acceptors (Lipinski definition) is 5. The first kappa shape index (κ1) is 17.4. The Morgan fingerprint density at radius 1 is 1.04 bits per heavy atom. The molecule has 138 valence electrons. The molecule has 0 aliphatic heterocycles. The third-order valence-electron chi connectivity index (χ3n) is 4.09. The van der Waals surface area contributed by atoms with E-state index < -0.39 is 0 Å².